The number of benzene rings is 1. The fraction of sp³-hybridized carbons (Fsp3) is 0.111. The minimum Gasteiger partial charge on any atom is -0.258 e. The van der Waals surface area contributed by atoms with Crippen molar-refractivity contribution in [3.63, 3.8) is 0 Å². The van der Waals surface area contributed by atoms with Crippen LogP contribution in [-0.4, -0.2) is 4.92 Å². The van der Waals surface area contributed by atoms with E-state index in [-0.39, 0.29) is 17.7 Å². The van der Waals surface area contributed by atoms with E-state index in [1.165, 1.54) is 18.2 Å². The molecule has 0 amide bonds. The van der Waals surface area contributed by atoms with Gasteiger partial charge in [0, 0.05) is 11.6 Å². The third-order valence-corrected chi connectivity index (χ3v) is 1.68. The highest BCUT2D eigenvalue weighted by Gasteiger charge is 2.13. The lowest BCUT2D eigenvalue weighted by Crippen LogP contribution is -1.95. The zero-order valence-corrected chi connectivity index (χ0v) is 7.10. The lowest BCUT2D eigenvalue weighted by atomic mass is 10.1. The predicted octanol–water partition coefficient (Wildman–Crippen LogP) is 1.53. The molecule has 0 N–H and O–H groups in total. The van der Waals surface area contributed by atoms with Crippen molar-refractivity contribution < 1.29 is 4.92 Å². The fourth-order valence-corrected chi connectivity index (χ4v) is 1.04. The number of nitro benzene ring substituents is 1. The van der Waals surface area contributed by atoms with Crippen LogP contribution in [0.4, 0.5) is 5.69 Å². The number of hydrogen-bond acceptors (Lipinski definition) is 4. The Bertz CT molecular complexity index is 454. The predicted molar refractivity (Wildman–Crippen MR) is 47.1 cm³/mol. The van der Waals surface area contributed by atoms with E-state index in [1.807, 2.05) is 6.07 Å². The molecule has 0 atom stereocenters. The second kappa shape index (κ2) is 4.01. The maximum Gasteiger partial charge on any atom is 0.274 e. The molecular formula is C9H5N3O2. The second-order valence-corrected chi connectivity index (χ2v) is 2.55. The standard InChI is InChI=1S/C9H5N3O2/c10-4-3-8-2-1-7(6-11)5-9(8)12(13)14/h1-2,5H,3H2. The van der Waals surface area contributed by atoms with Crippen LogP contribution in [0, 0.1) is 32.8 Å². The zero-order chi connectivity index (χ0) is 10.6. The van der Waals surface area contributed by atoms with Gasteiger partial charge in [-0.1, -0.05) is 0 Å². The molecule has 0 heterocycles. The van der Waals surface area contributed by atoms with Gasteiger partial charge >= 0.3 is 0 Å². The number of nitrogens with zero attached hydrogens (tertiary/aromatic N) is 3. The molecule has 0 saturated carbocycles. The van der Waals surface area contributed by atoms with Crippen molar-refractivity contribution in [1.29, 1.82) is 10.5 Å². The molecule has 14 heavy (non-hydrogen) atoms. The van der Waals surface area contributed by atoms with Crippen molar-refractivity contribution in [2.75, 3.05) is 0 Å². The number of hydrogen-bond donors (Lipinski definition) is 0. The molecule has 0 saturated heterocycles. The maximum absolute atomic E-state index is 10.6. The molecule has 0 aromatic heterocycles. The minimum absolute atomic E-state index is 0.0258. The van der Waals surface area contributed by atoms with Crippen LogP contribution in [0.3, 0.4) is 0 Å². The van der Waals surface area contributed by atoms with Crippen LogP contribution < -0.4 is 0 Å². The van der Waals surface area contributed by atoms with E-state index < -0.39 is 4.92 Å². The molecule has 0 aliphatic carbocycles. The summed E-state index contributed by atoms with van der Waals surface area (Å²) in [7, 11) is 0. The molecule has 5 nitrogen and oxygen atoms in total. The van der Waals surface area contributed by atoms with Gasteiger partial charge in [0.2, 0.25) is 0 Å². The maximum atomic E-state index is 10.6. The zero-order valence-electron chi connectivity index (χ0n) is 7.10. The van der Waals surface area contributed by atoms with E-state index in [4.69, 9.17) is 10.5 Å². The Labute approximate surface area is 80.0 Å². The van der Waals surface area contributed by atoms with E-state index >= 15 is 0 Å². The molecule has 0 unspecified atom stereocenters. The molecule has 0 aliphatic heterocycles. The normalized spacial score (nSPS) is 8.71. The van der Waals surface area contributed by atoms with Crippen LogP contribution in [0.15, 0.2) is 18.2 Å². The van der Waals surface area contributed by atoms with Crippen molar-refractivity contribution in [2.24, 2.45) is 0 Å². The van der Waals surface area contributed by atoms with Gasteiger partial charge in [-0.25, -0.2) is 0 Å². The van der Waals surface area contributed by atoms with Crippen LogP contribution in [0.1, 0.15) is 11.1 Å². The number of nitriles is 2. The summed E-state index contributed by atoms with van der Waals surface area (Å²) in [6.45, 7) is 0. The first-order valence-corrected chi connectivity index (χ1v) is 3.73. The van der Waals surface area contributed by atoms with Crippen LogP contribution in [0.2, 0.25) is 0 Å². The van der Waals surface area contributed by atoms with Gasteiger partial charge in [-0.2, -0.15) is 10.5 Å². The summed E-state index contributed by atoms with van der Waals surface area (Å²) in [5, 5.41) is 27.5. The van der Waals surface area contributed by atoms with Gasteiger partial charge in [-0.15, -0.1) is 0 Å². The molecule has 0 radical (unpaired) electrons. The largest absolute Gasteiger partial charge is 0.274 e. The molecule has 0 bridgehead atoms. The second-order valence-electron chi connectivity index (χ2n) is 2.55. The van der Waals surface area contributed by atoms with Crippen molar-refractivity contribution in [2.45, 2.75) is 6.42 Å². The van der Waals surface area contributed by atoms with Crippen molar-refractivity contribution in [3.05, 3.63) is 39.4 Å². The van der Waals surface area contributed by atoms with Crippen molar-refractivity contribution >= 4 is 5.69 Å². The Morgan fingerprint density at radius 3 is 2.64 bits per heavy atom. The topological polar surface area (TPSA) is 90.7 Å². The fourth-order valence-electron chi connectivity index (χ4n) is 1.04. The molecule has 0 aliphatic rings. The average molecular weight is 187 g/mol. The highest BCUT2D eigenvalue weighted by Crippen LogP contribution is 2.20. The molecule has 68 valence electrons. The summed E-state index contributed by atoms with van der Waals surface area (Å²) in [6, 6.07) is 7.70. The summed E-state index contributed by atoms with van der Waals surface area (Å²) in [5.74, 6) is 0. The Balaban J connectivity index is 3.27. The third-order valence-electron chi connectivity index (χ3n) is 1.68. The number of nitro groups is 1. The van der Waals surface area contributed by atoms with Gasteiger partial charge in [0.1, 0.15) is 0 Å². The monoisotopic (exact) mass is 187 g/mol. The van der Waals surface area contributed by atoms with E-state index in [0.717, 1.165) is 0 Å². The van der Waals surface area contributed by atoms with Gasteiger partial charge < -0.3 is 0 Å². The Kier molecular flexibility index (Phi) is 2.78. The summed E-state index contributed by atoms with van der Waals surface area (Å²) in [6.07, 6.45) is -0.0258. The molecule has 1 aromatic rings. The average Bonchev–Trinajstić information content (AvgIpc) is 2.18. The lowest BCUT2D eigenvalue weighted by Gasteiger charge is -1.97. The molecule has 0 fully saturated rings. The molecule has 0 spiro atoms. The smallest absolute Gasteiger partial charge is 0.258 e. The quantitative estimate of drug-likeness (QED) is 0.518. The lowest BCUT2D eigenvalue weighted by molar-refractivity contribution is -0.385. The van der Waals surface area contributed by atoms with E-state index in [1.54, 1.807) is 6.07 Å². The van der Waals surface area contributed by atoms with Crippen molar-refractivity contribution in [3.8, 4) is 12.1 Å². The summed E-state index contributed by atoms with van der Waals surface area (Å²) in [5.41, 5.74) is 0.375. The Morgan fingerprint density at radius 1 is 1.43 bits per heavy atom. The Morgan fingerprint density at radius 2 is 2.14 bits per heavy atom. The number of rotatable bonds is 2. The summed E-state index contributed by atoms with van der Waals surface area (Å²) >= 11 is 0. The summed E-state index contributed by atoms with van der Waals surface area (Å²) < 4.78 is 0. The Hall–Kier alpha value is -2.40. The highest BCUT2D eigenvalue weighted by molar-refractivity contribution is 5.48. The van der Waals surface area contributed by atoms with Gasteiger partial charge in [-0.05, 0) is 12.1 Å². The van der Waals surface area contributed by atoms with Crippen LogP contribution in [0.25, 0.3) is 0 Å². The van der Waals surface area contributed by atoms with Gasteiger partial charge in [0.25, 0.3) is 5.69 Å². The first-order valence-electron chi connectivity index (χ1n) is 3.73. The van der Waals surface area contributed by atoms with Gasteiger partial charge in [-0.3, -0.25) is 10.1 Å². The van der Waals surface area contributed by atoms with Gasteiger partial charge in [0.15, 0.2) is 0 Å². The molecule has 1 rings (SSSR count). The molecule has 1 aromatic carbocycles. The van der Waals surface area contributed by atoms with Crippen LogP contribution in [-0.2, 0) is 6.42 Å². The highest BCUT2D eigenvalue weighted by atomic mass is 16.6. The molecular weight excluding hydrogens is 182 g/mol. The van der Waals surface area contributed by atoms with E-state index in [2.05, 4.69) is 0 Å². The SMILES string of the molecule is N#CCc1ccc(C#N)cc1[N+](=O)[O-]. The third kappa shape index (κ3) is 1.85. The minimum atomic E-state index is -0.590. The van der Waals surface area contributed by atoms with E-state index in [9.17, 15) is 10.1 Å². The van der Waals surface area contributed by atoms with E-state index in [0.29, 0.717) is 5.56 Å². The van der Waals surface area contributed by atoms with Gasteiger partial charge in [0.05, 0.1) is 29.0 Å². The first-order chi connectivity index (χ1) is 6.69. The van der Waals surface area contributed by atoms with Crippen LogP contribution in [0.5, 0.6) is 0 Å². The van der Waals surface area contributed by atoms with Crippen LogP contribution >= 0.6 is 0 Å². The molecule has 5 heteroatoms. The summed E-state index contributed by atoms with van der Waals surface area (Å²) in [4.78, 5) is 9.96. The first kappa shape index (κ1) is 9.69. The van der Waals surface area contributed by atoms with Crippen molar-refractivity contribution in [1.82, 2.24) is 0 Å².